The molecule has 1 aromatic rings. The molecule has 2 rings (SSSR count). The van der Waals surface area contributed by atoms with Gasteiger partial charge in [0, 0.05) is 16.9 Å². The van der Waals surface area contributed by atoms with Crippen LogP contribution < -0.4 is 10.1 Å². The first kappa shape index (κ1) is 15.8. The number of nitrogens with one attached hydrogen (secondary N) is 1. The fourth-order valence-corrected chi connectivity index (χ4v) is 3.26. The predicted octanol–water partition coefficient (Wildman–Crippen LogP) is 4.20. The van der Waals surface area contributed by atoms with Gasteiger partial charge in [0.2, 0.25) is 0 Å². The summed E-state index contributed by atoms with van der Waals surface area (Å²) in [6, 6.07) is 4.97. The molecule has 2 nitrogen and oxygen atoms in total. The van der Waals surface area contributed by atoms with E-state index in [2.05, 4.69) is 61.1 Å². The van der Waals surface area contributed by atoms with Crippen LogP contribution in [-0.4, -0.2) is 19.2 Å². The average molecular weight is 340 g/mol. The van der Waals surface area contributed by atoms with Gasteiger partial charge in [-0.25, -0.2) is 0 Å². The Balaban J connectivity index is 2.14. The Kier molecular flexibility index (Phi) is 5.50. The Morgan fingerprint density at radius 1 is 1.25 bits per heavy atom. The predicted molar refractivity (Wildman–Crippen MR) is 88.5 cm³/mol. The van der Waals surface area contributed by atoms with Gasteiger partial charge in [-0.05, 0) is 48.1 Å². The van der Waals surface area contributed by atoms with Gasteiger partial charge < -0.3 is 10.1 Å². The van der Waals surface area contributed by atoms with Gasteiger partial charge in [0.1, 0.15) is 5.75 Å². The molecule has 0 saturated carbocycles. The Morgan fingerprint density at radius 3 is 2.65 bits per heavy atom. The minimum absolute atomic E-state index is 0.542. The van der Waals surface area contributed by atoms with Crippen molar-refractivity contribution in [2.45, 2.75) is 46.6 Å². The Morgan fingerprint density at radius 2 is 2.00 bits per heavy atom. The second kappa shape index (κ2) is 6.95. The van der Waals surface area contributed by atoms with Crippen molar-refractivity contribution in [2.24, 2.45) is 11.8 Å². The van der Waals surface area contributed by atoms with Crippen LogP contribution in [0.2, 0.25) is 0 Å². The zero-order chi connectivity index (χ0) is 14.7. The van der Waals surface area contributed by atoms with E-state index in [1.807, 2.05) is 0 Å². The lowest BCUT2D eigenvalue weighted by Gasteiger charge is -2.24. The summed E-state index contributed by atoms with van der Waals surface area (Å²) in [4.78, 5) is 0. The fourth-order valence-electron chi connectivity index (χ4n) is 2.71. The van der Waals surface area contributed by atoms with E-state index in [1.165, 1.54) is 15.6 Å². The van der Waals surface area contributed by atoms with Crippen molar-refractivity contribution in [3.8, 4) is 5.75 Å². The molecule has 1 N–H and O–H groups in total. The summed E-state index contributed by atoms with van der Waals surface area (Å²) in [5.41, 5.74) is 2.71. The third-order valence-corrected chi connectivity index (χ3v) is 4.50. The number of benzene rings is 1. The quantitative estimate of drug-likeness (QED) is 0.838. The smallest absolute Gasteiger partial charge is 0.125 e. The number of fused-ring (bicyclic) bond motifs is 1. The van der Waals surface area contributed by atoms with Crippen LogP contribution in [0.5, 0.6) is 5.75 Å². The van der Waals surface area contributed by atoms with E-state index in [-0.39, 0.29) is 0 Å². The molecule has 0 radical (unpaired) electrons. The Labute approximate surface area is 131 Å². The van der Waals surface area contributed by atoms with Crippen molar-refractivity contribution in [3.63, 3.8) is 0 Å². The normalized spacial score (nSPS) is 15.6. The molecule has 0 spiro atoms. The highest BCUT2D eigenvalue weighted by Gasteiger charge is 2.21. The fraction of sp³-hybridized carbons (Fsp3) is 0.647. The topological polar surface area (TPSA) is 21.3 Å². The van der Waals surface area contributed by atoms with Crippen molar-refractivity contribution in [3.05, 3.63) is 27.7 Å². The highest BCUT2D eigenvalue weighted by molar-refractivity contribution is 9.10. The van der Waals surface area contributed by atoms with Gasteiger partial charge in [0.25, 0.3) is 0 Å². The number of rotatable bonds is 6. The maximum Gasteiger partial charge on any atom is 0.125 e. The van der Waals surface area contributed by atoms with Crippen LogP contribution in [-0.2, 0) is 12.8 Å². The molecule has 1 aliphatic heterocycles. The standard InChI is InChI=1S/C17H26BrNO/c1-11(2)15(10-19-12(3)4)7-14-9-16(18)8-13-5-6-20-17(13)14/h8-9,11-12,15,19H,5-7,10H2,1-4H3. The van der Waals surface area contributed by atoms with Gasteiger partial charge >= 0.3 is 0 Å². The number of hydrogen-bond acceptors (Lipinski definition) is 2. The van der Waals surface area contributed by atoms with Gasteiger partial charge in [-0.3, -0.25) is 0 Å². The lowest BCUT2D eigenvalue weighted by molar-refractivity contribution is 0.330. The van der Waals surface area contributed by atoms with Crippen LogP contribution in [0, 0.1) is 11.8 Å². The van der Waals surface area contributed by atoms with E-state index >= 15 is 0 Å². The monoisotopic (exact) mass is 339 g/mol. The maximum atomic E-state index is 5.85. The van der Waals surface area contributed by atoms with Crippen molar-refractivity contribution < 1.29 is 4.74 Å². The van der Waals surface area contributed by atoms with Crippen molar-refractivity contribution >= 4 is 15.9 Å². The summed E-state index contributed by atoms with van der Waals surface area (Å²) in [5.74, 6) is 2.45. The lowest BCUT2D eigenvalue weighted by Crippen LogP contribution is -2.32. The third kappa shape index (κ3) is 3.98. The molecule has 20 heavy (non-hydrogen) atoms. The second-order valence-corrected chi connectivity index (χ2v) is 7.34. The molecule has 0 aliphatic carbocycles. The molecule has 3 heteroatoms. The minimum atomic E-state index is 0.542. The van der Waals surface area contributed by atoms with Crippen LogP contribution in [0.3, 0.4) is 0 Å². The van der Waals surface area contributed by atoms with Gasteiger partial charge in [0.05, 0.1) is 6.61 Å². The van der Waals surface area contributed by atoms with E-state index in [0.29, 0.717) is 17.9 Å². The van der Waals surface area contributed by atoms with E-state index in [0.717, 1.165) is 31.7 Å². The molecule has 0 amide bonds. The second-order valence-electron chi connectivity index (χ2n) is 6.42. The Hall–Kier alpha value is -0.540. The van der Waals surface area contributed by atoms with E-state index < -0.39 is 0 Å². The van der Waals surface area contributed by atoms with E-state index in [9.17, 15) is 0 Å². The minimum Gasteiger partial charge on any atom is -0.493 e. The van der Waals surface area contributed by atoms with Crippen LogP contribution in [0.25, 0.3) is 0 Å². The van der Waals surface area contributed by atoms with Crippen LogP contribution >= 0.6 is 15.9 Å². The summed E-state index contributed by atoms with van der Waals surface area (Å²) >= 11 is 3.63. The zero-order valence-electron chi connectivity index (χ0n) is 13.0. The third-order valence-electron chi connectivity index (χ3n) is 4.04. The van der Waals surface area contributed by atoms with Crippen LogP contribution in [0.4, 0.5) is 0 Å². The molecule has 1 aliphatic rings. The van der Waals surface area contributed by atoms with Crippen molar-refractivity contribution in [1.29, 1.82) is 0 Å². The first-order chi connectivity index (χ1) is 9.47. The van der Waals surface area contributed by atoms with Gasteiger partial charge in [-0.2, -0.15) is 0 Å². The number of ether oxygens (including phenoxy) is 1. The molecular formula is C17H26BrNO. The maximum absolute atomic E-state index is 5.85. The molecule has 0 saturated heterocycles. The molecule has 1 unspecified atom stereocenters. The van der Waals surface area contributed by atoms with Gasteiger partial charge in [0.15, 0.2) is 0 Å². The molecule has 112 valence electrons. The lowest BCUT2D eigenvalue weighted by atomic mass is 9.88. The molecule has 1 atom stereocenters. The highest BCUT2D eigenvalue weighted by atomic mass is 79.9. The van der Waals surface area contributed by atoms with E-state index in [1.54, 1.807) is 0 Å². The zero-order valence-corrected chi connectivity index (χ0v) is 14.6. The van der Waals surface area contributed by atoms with Crippen LogP contribution in [0.15, 0.2) is 16.6 Å². The van der Waals surface area contributed by atoms with Gasteiger partial charge in [-0.15, -0.1) is 0 Å². The molecule has 0 bridgehead atoms. The summed E-state index contributed by atoms with van der Waals surface area (Å²) in [6.45, 7) is 10.9. The molecule has 1 aromatic carbocycles. The highest BCUT2D eigenvalue weighted by Crippen LogP contribution is 2.35. The average Bonchev–Trinajstić information content (AvgIpc) is 2.81. The number of hydrogen-bond donors (Lipinski definition) is 1. The SMILES string of the molecule is CC(C)NCC(Cc1cc(Br)cc2c1OCC2)C(C)C. The Bertz CT molecular complexity index is 457. The van der Waals surface area contributed by atoms with E-state index in [4.69, 9.17) is 4.74 Å². The largest absolute Gasteiger partial charge is 0.493 e. The first-order valence-corrected chi connectivity index (χ1v) is 8.44. The van der Waals surface area contributed by atoms with Crippen molar-refractivity contribution in [2.75, 3.05) is 13.2 Å². The first-order valence-electron chi connectivity index (χ1n) is 7.65. The summed E-state index contributed by atoms with van der Waals surface area (Å²) < 4.78 is 7.03. The van der Waals surface area contributed by atoms with Gasteiger partial charge in [-0.1, -0.05) is 43.6 Å². The summed E-state index contributed by atoms with van der Waals surface area (Å²) in [7, 11) is 0. The summed E-state index contributed by atoms with van der Waals surface area (Å²) in [6.07, 6.45) is 2.12. The number of halogens is 1. The molecule has 1 heterocycles. The van der Waals surface area contributed by atoms with Crippen molar-refractivity contribution in [1.82, 2.24) is 5.32 Å². The summed E-state index contributed by atoms with van der Waals surface area (Å²) in [5, 5.41) is 3.58. The van der Waals surface area contributed by atoms with Crippen LogP contribution in [0.1, 0.15) is 38.8 Å². The molecule has 0 aromatic heterocycles. The molecular weight excluding hydrogens is 314 g/mol. The molecule has 0 fully saturated rings.